The van der Waals surface area contributed by atoms with Crippen LogP contribution in [0.3, 0.4) is 0 Å². The summed E-state index contributed by atoms with van der Waals surface area (Å²) >= 11 is 0. The second-order valence-electron chi connectivity index (χ2n) is 7.77. The van der Waals surface area contributed by atoms with E-state index in [1.165, 1.54) is 0 Å². The van der Waals surface area contributed by atoms with Gasteiger partial charge in [-0.05, 0) is 56.3 Å². The molecule has 0 aliphatic rings. The van der Waals surface area contributed by atoms with Crippen LogP contribution >= 0.6 is 0 Å². The SMILES string of the molecule is Cc1ccn(-c2cc(-c3cccc(C(C)N)n3)cc3c2cnn3-c2cccc(CO)n2)n1. The van der Waals surface area contributed by atoms with Crippen LogP contribution in [0.1, 0.15) is 30.0 Å². The van der Waals surface area contributed by atoms with E-state index in [9.17, 15) is 5.11 Å². The number of aliphatic hydroxyl groups excluding tert-OH is 1. The van der Waals surface area contributed by atoms with Gasteiger partial charge in [0.2, 0.25) is 0 Å². The highest BCUT2D eigenvalue weighted by Crippen LogP contribution is 2.31. The minimum Gasteiger partial charge on any atom is -0.390 e. The largest absolute Gasteiger partial charge is 0.390 e. The van der Waals surface area contributed by atoms with Crippen LogP contribution in [0.4, 0.5) is 0 Å². The Hall–Kier alpha value is -3.88. The first kappa shape index (κ1) is 20.0. The molecule has 0 fully saturated rings. The molecular weight excluding hydrogens is 402 g/mol. The van der Waals surface area contributed by atoms with Gasteiger partial charge in [-0.25, -0.2) is 14.3 Å². The van der Waals surface area contributed by atoms with Crippen LogP contribution < -0.4 is 5.73 Å². The number of pyridine rings is 2. The Morgan fingerprint density at radius 3 is 2.66 bits per heavy atom. The Kier molecular flexibility index (Phi) is 5.01. The summed E-state index contributed by atoms with van der Waals surface area (Å²) < 4.78 is 3.62. The summed E-state index contributed by atoms with van der Waals surface area (Å²) in [5.41, 5.74) is 11.9. The van der Waals surface area contributed by atoms with Crippen molar-refractivity contribution >= 4 is 10.9 Å². The predicted molar refractivity (Wildman–Crippen MR) is 122 cm³/mol. The monoisotopic (exact) mass is 425 g/mol. The predicted octanol–water partition coefficient (Wildman–Crippen LogP) is 3.49. The number of fused-ring (bicyclic) bond motifs is 1. The number of aromatic nitrogens is 6. The number of aryl methyl sites for hydroxylation is 1. The van der Waals surface area contributed by atoms with Gasteiger partial charge in [0.1, 0.15) is 0 Å². The van der Waals surface area contributed by atoms with Crippen molar-refractivity contribution in [3.63, 3.8) is 0 Å². The van der Waals surface area contributed by atoms with Crippen molar-refractivity contribution in [3.8, 4) is 22.8 Å². The van der Waals surface area contributed by atoms with Gasteiger partial charge in [-0.1, -0.05) is 12.1 Å². The Bertz CT molecular complexity index is 1420. The third-order valence-corrected chi connectivity index (χ3v) is 5.34. The van der Waals surface area contributed by atoms with E-state index in [-0.39, 0.29) is 12.6 Å². The van der Waals surface area contributed by atoms with Crippen LogP contribution in [-0.2, 0) is 6.61 Å². The Morgan fingerprint density at radius 2 is 1.91 bits per heavy atom. The molecule has 0 aliphatic heterocycles. The lowest BCUT2D eigenvalue weighted by molar-refractivity contribution is 0.276. The smallest absolute Gasteiger partial charge is 0.154 e. The second-order valence-corrected chi connectivity index (χ2v) is 7.77. The van der Waals surface area contributed by atoms with E-state index < -0.39 is 0 Å². The van der Waals surface area contributed by atoms with Crippen LogP contribution in [0.25, 0.3) is 33.7 Å². The summed E-state index contributed by atoms with van der Waals surface area (Å²) in [6.07, 6.45) is 3.74. The zero-order chi connectivity index (χ0) is 22.2. The van der Waals surface area contributed by atoms with Gasteiger partial charge in [-0.2, -0.15) is 10.2 Å². The van der Waals surface area contributed by atoms with E-state index in [1.54, 1.807) is 10.7 Å². The molecule has 3 N–H and O–H groups in total. The van der Waals surface area contributed by atoms with Crippen LogP contribution in [0, 0.1) is 6.92 Å². The van der Waals surface area contributed by atoms with E-state index in [0.29, 0.717) is 11.5 Å². The zero-order valence-electron chi connectivity index (χ0n) is 17.8. The molecule has 0 amide bonds. The summed E-state index contributed by atoms with van der Waals surface area (Å²) in [6.45, 7) is 3.74. The fraction of sp³-hybridized carbons (Fsp3) is 0.167. The van der Waals surface area contributed by atoms with E-state index in [4.69, 9.17) is 10.7 Å². The van der Waals surface area contributed by atoms with Crippen molar-refractivity contribution in [2.75, 3.05) is 0 Å². The minimum atomic E-state index is -0.164. The van der Waals surface area contributed by atoms with Gasteiger partial charge >= 0.3 is 0 Å². The molecule has 0 saturated carbocycles. The molecule has 8 nitrogen and oxygen atoms in total. The first-order valence-corrected chi connectivity index (χ1v) is 10.4. The van der Waals surface area contributed by atoms with E-state index >= 15 is 0 Å². The van der Waals surface area contributed by atoms with Crippen LogP contribution in [0.5, 0.6) is 0 Å². The van der Waals surface area contributed by atoms with Gasteiger partial charge in [-0.15, -0.1) is 0 Å². The average molecular weight is 425 g/mol. The maximum atomic E-state index is 9.51. The lowest BCUT2D eigenvalue weighted by atomic mass is 10.1. The molecule has 1 aromatic carbocycles. The third-order valence-electron chi connectivity index (χ3n) is 5.34. The van der Waals surface area contributed by atoms with Crippen molar-refractivity contribution in [1.29, 1.82) is 0 Å². The van der Waals surface area contributed by atoms with Gasteiger partial charge in [0.25, 0.3) is 0 Å². The van der Waals surface area contributed by atoms with Crippen molar-refractivity contribution in [3.05, 3.63) is 84.1 Å². The van der Waals surface area contributed by atoms with Crippen LogP contribution in [-0.4, -0.2) is 34.6 Å². The second kappa shape index (κ2) is 7.99. The van der Waals surface area contributed by atoms with Crippen molar-refractivity contribution in [2.24, 2.45) is 5.73 Å². The highest BCUT2D eigenvalue weighted by Gasteiger charge is 2.16. The molecule has 4 aromatic heterocycles. The number of nitrogens with zero attached hydrogens (tertiary/aromatic N) is 6. The van der Waals surface area contributed by atoms with Crippen LogP contribution in [0.15, 0.2) is 67.0 Å². The maximum Gasteiger partial charge on any atom is 0.154 e. The molecule has 0 bridgehead atoms. The van der Waals surface area contributed by atoms with Gasteiger partial charge in [0.05, 0.1) is 46.8 Å². The fourth-order valence-electron chi connectivity index (χ4n) is 3.72. The van der Waals surface area contributed by atoms with Gasteiger partial charge in [0, 0.05) is 23.2 Å². The summed E-state index contributed by atoms with van der Waals surface area (Å²) in [5, 5.41) is 19.7. The molecule has 32 heavy (non-hydrogen) atoms. The first-order valence-electron chi connectivity index (χ1n) is 10.4. The fourth-order valence-corrected chi connectivity index (χ4v) is 3.72. The quantitative estimate of drug-likeness (QED) is 0.446. The molecule has 0 saturated heterocycles. The standard InChI is InChI=1S/C24H23N7O/c1-15-9-10-30(29-15)22-11-17(21-7-4-6-20(28-21)16(2)25)12-23-19(22)13-26-31(23)24-8-3-5-18(14-32)27-24/h3-13,16,32H,14,25H2,1-2H3. The molecule has 1 unspecified atom stereocenters. The number of nitrogens with two attached hydrogens (primary N) is 1. The maximum absolute atomic E-state index is 9.51. The first-order chi connectivity index (χ1) is 15.5. The Morgan fingerprint density at radius 1 is 1.06 bits per heavy atom. The van der Waals surface area contributed by atoms with Crippen LogP contribution in [0.2, 0.25) is 0 Å². The molecule has 1 atom stereocenters. The molecule has 8 heteroatoms. The topological polar surface area (TPSA) is 108 Å². The van der Waals surface area contributed by atoms with E-state index in [2.05, 4.69) is 21.2 Å². The lowest BCUT2D eigenvalue weighted by Gasteiger charge is -2.11. The number of aliphatic hydroxyl groups is 1. The molecular formula is C24H23N7O. The molecule has 4 heterocycles. The van der Waals surface area contributed by atoms with Gasteiger partial charge < -0.3 is 10.8 Å². The molecule has 0 radical (unpaired) electrons. The van der Waals surface area contributed by atoms with Crippen molar-refractivity contribution in [2.45, 2.75) is 26.5 Å². The number of hydrogen-bond acceptors (Lipinski definition) is 6. The Labute approximate surface area is 185 Å². The van der Waals surface area contributed by atoms with E-state index in [0.717, 1.165) is 39.2 Å². The highest BCUT2D eigenvalue weighted by atomic mass is 16.3. The molecule has 160 valence electrons. The van der Waals surface area contributed by atoms with Gasteiger partial charge in [-0.3, -0.25) is 4.98 Å². The van der Waals surface area contributed by atoms with Crippen molar-refractivity contribution in [1.82, 2.24) is 29.5 Å². The number of rotatable bonds is 5. The molecule has 0 spiro atoms. The number of hydrogen-bond donors (Lipinski definition) is 2. The zero-order valence-corrected chi connectivity index (χ0v) is 17.8. The normalized spacial score (nSPS) is 12.4. The summed E-state index contributed by atoms with van der Waals surface area (Å²) in [7, 11) is 0. The number of benzene rings is 1. The molecule has 5 rings (SSSR count). The highest BCUT2D eigenvalue weighted by molar-refractivity contribution is 5.92. The average Bonchev–Trinajstić information content (AvgIpc) is 3.45. The lowest BCUT2D eigenvalue weighted by Crippen LogP contribution is -2.07. The van der Waals surface area contributed by atoms with Gasteiger partial charge in [0.15, 0.2) is 5.82 Å². The summed E-state index contributed by atoms with van der Waals surface area (Å²) in [6, 6.07) is 17.3. The van der Waals surface area contributed by atoms with Crippen molar-refractivity contribution < 1.29 is 5.11 Å². The summed E-state index contributed by atoms with van der Waals surface area (Å²) in [4.78, 5) is 9.30. The van der Waals surface area contributed by atoms with E-state index in [1.807, 2.05) is 73.4 Å². The molecule has 5 aromatic rings. The molecule has 0 aliphatic carbocycles. The minimum absolute atomic E-state index is 0.135. The third kappa shape index (κ3) is 3.55. The Balaban J connectivity index is 1.77. The summed E-state index contributed by atoms with van der Waals surface area (Å²) in [5.74, 6) is 0.628.